The number of hydrogen-bond donors (Lipinski definition) is 1. The first-order valence-corrected chi connectivity index (χ1v) is 7.65. The molecule has 0 fully saturated rings. The number of rotatable bonds is 7. The van der Waals surface area contributed by atoms with Gasteiger partial charge in [0.05, 0.1) is 12.2 Å². The second-order valence-electron chi connectivity index (χ2n) is 5.46. The van der Waals surface area contributed by atoms with E-state index in [1.165, 1.54) is 37.1 Å². The molecule has 2 rings (SSSR count). The van der Waals surface area contributed by atoms with Gasteiger partial charge in [0.25, 0.3) is 0 Å². The predicted molar refractivity (Wildman–Crippen MR) is 85.9 cm³/mol. The average Bonchev–Trinajstić information content (AvgIpc) is 2.49. The molecule has 0 aliphatic rings. The molecule has 1 aromatic carbocycles. The maximum atomic E-state index is 13.2. The van der Waals surface area contributed by atoms with E-state index in [-0.39, 0.29) is 11.9 Å². The number of hydrogen-bond acceptors (Lipinski definition) is 2. The molecule has 112 valence electrons. The van der Waals surface area contributed by atoms with Gasteiger partial charge in [-0.1, -0.05) is 31.9 Å². The third kappa shape index (κ3) is 4.85. The lowest BCUT2D eigenvalue weighted by molar-refractivity contribution is 0.616. The molecule has 2 aromatic rings. The van der Waals surface area contributed by atoms with E-state index in [1.54, 1.807) is 6.20 Å². The number of nitrogens with zero attached hydrogens (tertiary/aromatic N) is 1. The van der Waals surface area contributed by atoms with Crippen LogP contribution in [0.1, 0.15) is 50.3 Å². The van der Waals surface area contributed by atoms with E-state index in [0.29, 0.717) is 0 Å². The number of aryl methyl sites for hydroxylation is 1. The summed E-state index contributed by atoms with van der Waals surface area (Å²) in [7, 11) is 0. The lowest BCUT2D eigenvalue weighted by atomic mass is 10.1. The van der Waals surface area contributed by atoms with Crippen LogP contribution in [-0.2, 0) is 6.42 Å². The smallest absolute Gasteiger partial charge is 0.141 e. The summed E-state index contributed by atoms with van der Waals surface area (Å²) in [6, 6.07) is 10.0. The van der Waals surface area contributed by atoms with E-state index in [4.69, 9.17) is 0 Å². The number of aromatic nitrogens is 1. The molecule has 1 N–H and O–H groups in total. The van der Waals surface area contributed by atoms with Crippen molar-refractivity contribution in [2.45, 2.75) is 45.6 Å². The molecule has 0 bridgehead atoms. The highest BCUT2D eigenvalue weighted by Gasteiger charge is 2.06. The quantitative estimate of drug-likeness (QED) is 0.714. The van der Waals surface area contributed by atoms with Gasteiger partial charge in [-0.2, -0.15) is 0 Å². The Bertz CT molecular complexity index is 551. The van der Waals surface area contributed by atoms with Gasteiger partial charge in [0.2, 0.25) is 0 Å². The standard InChI is InChI=1S/C18H23FN2/c1-3-4-5-6-15-7-9-18(10-8-15)21-14(2)16-11-17(19)13-20-12-16/h7-14,21H,3-6H2,1-2H3. The van der Waals surface area contributed by atoms with Crippen LogP contribution in [-0.4, -0.2) is 4.98 Å². The molecule has 21 heavy (non-hydrogen) atoms. The first kappa shape index (κ1) is 15.5. The second-order valence-corrected chi connectivity index (χ2v) is 5.46. The molecule has 0 saturated heterocycles. The lowest BCUT2D eigenvalue weighted by Gasteiger charge is -2.15. The summed E-state index contributed by atoms with van der Waals surface area (Å²) in [5.41, 5.74) is 3.27. The van der Waals surface area contributed by atoms with Gasteiger partial charge in [-0.05, 0) is 49.1 Å². The summed E-state index contributed by atoms with van der Waals surface area (Å²) in [6.45, 7) is 4.22. The van der Waals surface area contributed by atoms with Crippen molar-refractivity contribution < 1.29 is 4.39 Å². The van der Waals surface area contributed by atoms with Crippen molar-refractivity contribution in [1.82, 2.24) is 4.98 Å². The molecule has 2 nitrogen and oxygen atoms in total. The average molecular weight is 286 g/mol. The molecule has 0 aliphatic heterocycles. The Morgan fingerprint density at radius 1 is 1.14 bits per heavy atom. The van der Waals surface area contributed by atoms with Crippen molar-refractivity contribution in [2.24, 2.45) is 0 Å². The number of unbranched alkanes of at least 4 members (excludes halogenated alkanes) is 2. The Morgan fingerprint density at radius 2 is 1.90 bits per heavy atom. The minimum absolute atomic E-state index is 0.0270. The van der Waals surface area contributed by atoms with Crippen LogP contribution >= 0.6 is 0 Å². The first-order valence-electron chi connectivity index (χ1n) is 7.65. The summed E-state index contributed by atoms with van der Waals surface area (Å²) in [4.78, 5) is 3.89. The Hall–Kier alpha value is -1.90. The van der Waals surface area contributed by atoms with E-state index in [2.05, 4.69) is 41.5 Å². The highest BCUT2D eigenvalue weighted by molar-refractivity contribution is 5.46. The molecule has 1 atom stereocenters. The van der Waals surface area contributed by atoms with E-state index in [0.717, 1.165) is 17.7 Å². The van der Waals surface area contributed by atoms with Crippen molar-refractivity contribution in [1.29, 1.82) is 0 Å². The third-order valence-electron chi connectivity index (χ3n) is 3.63. The molecular weight excluding hydrogens is 263 g/mol. The fourth-order valence-electron chi connectivity index (χ4n) is 2.35. The summed E-state index contributed by atoms with van der Waals surface area (Å²) in [5, 5.41) is 3.37. The van der Waals surface area contributed by atoms with Crippen LogP contribution in [0.2, 0.25) is 0 Å². The summed E-state index contributed by atoms with van der Waals surface area (Å²) >= 11 is 0. The summed E-state index contributed by atoms with van der Waals surface area (Å²) < 4.78 is 13.2. The van der Waals surface area contributed by atoms with Crippen LogP contribution in [0.25, 0.3) is 0 Å². The lowest BCUT2D eigenvalue weighted by Crippen LogP contribution is -2.07. The molecule has 0 radical (unpaired) electrons. The van der Waals surface area contributed by atoms with Gasteiger partial charge in [-0.3, -0.25) is 4.98 Å². The minimum atomic E-state index is -0.299. The van der Waals surface area contributed by atoms with Crippen LogP contribution in [0, 0.1) is 5.82 Å². The zero-order chi connectivity index (χ0) is 15.1. The molecule has 0 spiro atoms. The van der Waals surface area contributed by atoms with Crippen molar-refractivity contribution in [2.75, 3.05) is 5.32 Å². The highest BCUT2D eigenvalue weighted by atomic mass is 19.1. The topological polar surface area (TPSA) is 24.9 Å². The van der Waals surface area contributed by atoms with Gasteiger partial charge in [0, 0.05) is 11.9 Å². The molecule has 1 aromatic heterocycles. The van der Waals surface area contributed by atoms with Crippen molar-refractivity contribution in [3.63, 3.8) is 0 Å². The van der Waals surface area contributed by atoms with Gasteiger partial charge in [0.15, 0.2) is 0 Å². The van der Waals surface area contributed by atoms with E-state index in [9.17, 15) is 4.39 Å². The van der Waals surface area contributed by atoms with E-state index < -0.39 is 0 Å². The molecular formula is C18H23FN2. The Balaban J connectivity index is 1.93. The fourth-order valence-corrected chi connectivity index (χ4v) is 2.35. The Morgan fingerprint density at radius 3 is 2.57 bits per heavy atom. The van der Waals surface area contributed by atoms with Crippen LogP contribution < -0.4 is 5.32 Å². The van der Waals surface area contributed by atoms with Crippen molar-refractivity contribution >= 4 is 5.69 Å². The predicted octanol–water partition coefficient (Wildman–Crippen LogP) is 5.13. The second kappa shape index (κ2) is 7.77. The van der Waals surface area contributed by atoms with E-state index >= 15 is 0 Å². The first-order chi connectivity index (χ1) is 10.2. The monoisotopic (exact) mass is 286 g/mol. The SMILES string of the molecule is CCCCCc1ccc(NC(C)c2cncc(F)c2)cc1. The number of pyridine rings is 1. The largest absolute Gasteiger partial charge is 0.378 e. The van der Waals surface area contributed by atoms with Gasteiger partial charge in [0.1, 0.15) is 5.82 Å². The maximum Gasteiger partial charge on any atom is 0.141 e. The zero-order valence-electron chi connectivity index (χ0n) is 12.8. The minimum Gasteiger partial charge on any atom is -0.378 e. The van der Waals surface area contributed by atoms with Crippen LogP contribution in [0.5, 0.6) is 0 Å². The molecule has 3 heteroatoms. The maximum absolute atomic E-state index is 13.2. The third-order valence-corrected chi connectivity index (χ3v) is 3.63. The molecule has 1 heterocycles. The fraction of sp³-hybridized carbons (Fsp3) is 0.389. The van der Waals surface area contributed by atoms with Crippen LogP contribution in [0.15, 0.2) is 42.7 Å². The van der Waals surface area contributed by atoms with Gasteiger partial charge in [-0.25, -0.2) is 4.39 Å². The summed E-state index contributed by atoms with van der Waals surface area (Å²) in [6.07, 6.45) is 7.83. The molecule has 1 unspecified atom stereocenters. The van der Waals surface area contributed by atoms with E-state index in [1.807, 2.05) is 6.92 Å². The molecule has 0 aliphatic carbocycles. The Labute approximate surface area is 126 Å². The van der Waals surface area contributed by atoms with Gasteiger partial charge >= 0.3 is 0 Å². The molecule has 0 amide bonds. The highest BCUT2D eigenvalue weighted by Crippen LogP contribution is 2.20. The number of anilines is 1. The van der Waals surface area contributed by atoms with Gasteiger partial charge < -0.3 is 5.32 Å². The number of benzene rings is 1. The Kier molecular flexibility index (Phi) is 5.73. The summed E-state index contributed by atoms with van der Waals surface area (Å²) in [5.74, 6) is -0.299. The number of halogens is 1. The van der Waals surface area contributed by atoms with Gasteiger partial charge in [-0.15, -0.1) is 0 Å². The molecule has 0 saturated carbocycles. The zero-order valence-corrected chi connectivity index (χ0v) is 12.8. The van der Waals surface area contributed by atoms with Crippen LogP contribution in [0.4, 0.5) is 10.1 Å². The van der Waals surface area contributed by atoms with Crippen molar-refractivity contribution in [3.8, 4) is 0 Å². The van der Waals surface area contributed by atoms with Crippen molar-refractivity contribution in [3.05, 3.63) is 59.7 Å². The van der Waals surface area contributed by atoms with Crippen LogP contribution in [0.3, 0.4) is 0 Å². The normalized spacial score (nSPS) is 12.1. The number of nitrogens with one attached hydrogen (secondary N) is 1.